The topological polar surface area (TPSA) is 37.3 Å². The van der Waals surface area contributed by atoms with E-state index < -0.39 is 7.37 Å². The lowest BCUT2D eigenvalue weighted by molar-refractivity contribution is 0.313. The molecule has 1 aliphatic rings. The number of hydrogen-bond acceptors (Lipinski definition) is 1. The van der Waals surface area contributed by atoms with Gasteiger partial charge in [-0.15, -0.1) is 12.3 Å². The fraction of sp³-hybridized carbons (Fsp3) is 0.778. The van der Waals surface area contributed by atoms with Gasteiger partial charge in [-0.25, -0.2) is 0 Å². The molecule has 1 saturated heterocycles. The molecule has 0 aliphatic carbocycles. The third kappa shape index (κ3) is 1.91. The van der Waals surface area contributed by atoms with Gasteiger partial charge in [0.2, 0.25) is 7.37 Å². The van der Waals surface area contributed by atoms with Gasteiger partial charge in [-0.2, -0.15) is 0 Å². The first-order chi connectivity index (χ1) is 5.46. The molecule has 0 aromatic rings. The summed E-state index contributed by atoms with van der Waals surface area (Å²) in [6, 6.07) is 0. The Morgan fingerprint density at radius 1 is 1.50 bits per heavy atom. The Labute approximate surface area is 73.8 Å². The number of rotatable bonds is 0. The van der Waals surface area contributed by atoms with Crippen LogP contribution in [0.15, 0.2) is 0 Å². The smallest absolute Gasteiger partial charge is 0.202 e. The van der Waals surface area contributed by atoms with Crippen molar-refractivity contribution in [2.45, 2.75) is 13.8 Å². The van der Waals surface area contributed by atoms with Crippen molar-refractivity contribution in [2.24, 2.45) is 17.8 Å². The first kappa shape index (κ1) is 9.84. The monoisotopic (exact) mass is 186 g/mol. The third-order valence-electron chi connectivity index (χ3n) is 2.80. The Balaban J connectivity index is 2.80. The first-order valence-electron chi connectivity index (χ1n) is 4.23. The van der Waals surface area contributed by atoms with Crippen molar-refractivity contribution < 1.29 is 9.46 Å². The van der Waals surface area contributed by atoms with Crippen LogP contribution in [0.5, 0.6) is 0 Å². The maximum atomic E-state index is 11.4. The zero-order chi connectivity index (χ0) is 9.35. The Hall–Kier alpha value is -0.250. The van der Waals surface area contributed by atoms with Gasteiger partial charge in [0.15, 0.2) is 0 Å². The summed E-state index contributed by atoms with van der Waals surface area (Å²) in [5.41, 5.74) is 0. The van der Waals surface area contributed by atoms with E-state index in [2.05, 4.69) is 12.8 Å². The molecule has 3 heteroatoms. The molecule has 1 rings (SSSR count). The van der Waals surface area contributed by atoms with Gasteiger partial charge in [0.25, 0.3) is 0 Å². The highest BCUT2D eigenvalue weighted by atomic mass is 31.2. The Morgan fingerprint density at radius 3 is 2.58 bits per heavy atom. The summed E-state index contributed by atoms with van der Waals surface area (Å²) in [5.74, 6) is 3.25. The first-order valence-corrected chi connectivity index (χ1v) is 6.26. The maximum Gasteiger partial charge on any atom is 0.202 e. The molecule has 0 spiro atoms. The van der Waals surface area contributed by atoms with Crippen LogP contribution in [-0.2, 0) is 4.57 Å². The minimum Gasteiger partial charge on any atom is -0.344 e. The molecule has 1 N–H and O–H groups in total. The molecule has 0 amide bonds. The van der Waals surface area contributed by atoms with Gasteiger partial charge in [0, 0.05) is 18.2 Å². The molecule has 0 bridgehead atoms. The minimum absolute atomic E-state index is 0.00965. The van der Waals surface area contributed by atoms with E-state index in [1.165, 1.54) is 0 Å². The van der Waals surface area contributed by atoms with E-state index in [9.17, 15) is 9.46 Å². The minimum atomic E-state index is -2.90. The number of terminal acetylenes is 1. The average Bonchev–Trinajstić information content (AvgIpc) is 1.96. The highest BCUT2D eigenvalue weighted by molar-refractivity contribution is 7.58. The van der Waals surface area contributed by atoms with Gasteiger partial charge >= 0.3 is 0 Å². The van der Waals surface area contributed by atoms with Gasteiger partial charge in [0.05, 0.1) is 0 Å². The van der Waals surface area contributed by atoms with Gasteiger partial charge in [-0.1, -0.05) is 13.8 Å². The summed E-state index contributed by atoms with van der Waals surface area (Å²) in [7, 11) is -2.90. The van der Waals surface area contributed by atoms with Crippen LogP contribution in [0.3, 0.4) is 0 Å². The van der Waals surface area contributed by atoms with E-state index in [4.69, 9.17) is 6.42 Å². The highest BCUT2D eigenvalue weighted by Crippen LogP contribution is 2.51. The van der Waals surface area contributed by atoms with Crippen LogP contribution in [-0.4, -0.2) is 17.2 Å². The van der Waals surface area contributed by atoms with Crippen molar-refractivity contribution >= 4 is 7.37 Å². The second-order valence-electron chi connectivity index (χ2n) is 3.82. The largest absolute Gasteiger partial charge is 0.344 e. The molecule has 1 heterocycles. The SMILES string of the molecule is C#CC1CP(=O)(O)CC(C)C1C. The Kier molecular flexibility index (Phi) is 2.66. The summed E-state index contributed by atoms with van der Waals surface area (Å²) in [6.45, 7) is 4.06. The van der Waals surface area contributed by atoms with Gasteiger partial charge in [-0.3, -0.25) is 4.57 Å². The van der Waals surface area contributed by atoms with E-state index in [0.717, 1.165) is 0 Å². The molecule has 2 nitrogen and oxygen atoms in total. The van der Waals surface area contributed by atoms with Gasteiger partial charge in [0.1, 0.15) is 0 Å². The van der Waals surface area contributed by atoms with Crippen molar-refractivity contribution in [3.05, 3.63) is 0 Å². The van der Waals surface area contributed by atoms with Crippen LogP contribution >= 0.6 is 7.37 Å². The van der Waals surface area contributed by atoms with E-state index >= 15 is 0 Å². The molecular weight excluding hydrogens is 171 g/mol. The second kappa shape index (κ2) is 3.24. The predicted octanol–water partition coefficient (Wildman–Crippen LogP) is 1.79. The third-order valence-corrected chi connectivity index (χ3v) is 4.91. The summed E-state index contributed by atoms with van der Waals surface area (Å²) in [5, 5.41) is 0. The van der Waals surface area contributed by atoms with Crippen LogP contribution in [0.25, 0.3) is 0 Å². The molecule has 68 valence electrons. The van der Waals surface area contributed by atoms with Crippen LogP contribution < -0.4 is 0 Å². The average molecular weight is 186 g/mol. The van der Waals surface area contributed by atoms with Crippen molar-refractivity contribution in [1.29, 1.82) is 0 Å². The Morgan fingerprint density at radius 2 is 2.08 bits per heavy atom. The molecule has 0 saturated carbocycles. The van der Waals surface area contributed by atoms with E-state index in [-0.39, 0.29) is 11.8 Å². The lowest BCUT2D eigenvalue weighted by Crippen LogP contribution is -2.29. The fourth-order valence-corrected chi connectivity index (χ4v) is 4.20. The van der Waals surface area contributed by atoms with Crippen molar-refractivity contribution in [3.63, 3.8) is 0 Å². The predicted molar refractivity (Wildman–Crippen MR) is 50.2 cm³/mol. The lowest BCUT2D eigenvalue weighted by atomic mass is 9.86. The summed E-state index contributed by atoms with van der Waals surface area (Å²) in [6.07, 6.45) is 6.05. The molecule has 0 aromatic carbocycles. The van der Waals surface area contributed by atoms with Gasteiger partial charge < -0.3 is 4.89 Å². The van der Waals surface area contributed by atoms with Crippen LogP contribution in [0.1, 0.15) is 13.8 Å². The molecule has 4 atom stereocenters. The van der Waals surface area contributed by atoms with Crippen LogP contribution in [0.2, 0.25) is 0 Å². The highest BCUT2D eigenvalue weighted by Gasteiger charge is 2.37. The molecule has 1 fully saturated rings. The molecule has 4 unspecified atom stereocenters. The summed E-state index contributed by atoms with van der Waals surface area (Å²) in [4.78, 5) is 9.42. The quantitative estimate of drug-likeness (QED) is 0.462. The molecule has 0 radical (unpaired) electrons. The van der Waals surface area contributed by atoms with E-state index in [1.807, 2.05) is 6.92 Å². The van der Waals surface area contributed by atoms with Crippen LogP contribution in [0.4, 0.5) is 0 Å². The van der Waals surface area contributed by atoms with E-state index in [0.29, 0.717) is 18.2 Å². The van der Waals surface area contributed by atoms with E-state index in [1.54, 1.807) is 0 Å². The lowest BCUT2D eigenvalue weighted by Gasteiger charge is -2.33. The standard InChI is InChI=1S/C9H15O2P/c1-4-9-6-12(10,11)5-7(2)8(9)3/h1,7-9H,5-6H2,2-3H3,(H,10,11). The zero-order valence-electron chi connectivity index (χ0n) is 7.53. The normalized spacial score (nSPS) is 48.3. The van der Waals surface area contributed by atoms with Crippen molar-refractivity contribution in [3.8, 4) is 12.3 Å². The molecule has 0 aromatic heterocycles. The molecule has 12 heavy (non-hydrogen) atoms. The van der Waals surface area contributed by atoms with Gasteiger partial charge in [-0.05, 0) is 11.8 Å². The summed E-state index contributed by atoms with van der Waals surface area (Å²) < 4.78 is 11.4. The van der Waals surface area contributed by atoms with Crippen molar-refractivity contribution in [1.82, 2.24) is 0 Å². The fourth-order valence-electron chi connectivity index (χ4n) is 1.77. The second-order valence-corrected chi connectivity index (χ2v) is 6.24. The maximum absolute atomic E-state index is 11.4. The van der Waals surface area contributed by atoms with Crippen LogP contribution in [0, 0.1) is 30.1 Å². The molecular formula is C9H15O2P. The van der Waals surface area contributed by atoms with Crippen molar-refractivity contribution in [2.75, 3.05) is 12.3 Å². The number of hydrogen-bond donors (Lipinski definition) is 1. The molecule has 1 aliphatic heterocycles. The zero-order valence-corrected chi connectivity index (χ0v) is 8.42. The summed E-state index contributed by atoms with van der Waals surface area (Å²) >= 11 is 0. The Bertz CT molecular complexity index is 254.